The fraction of sp³-hybridized carbons (Fsp3) is 0.444. The van der Waals surface area contributed by atoms with E-state index >= 15 is 0 Å². The normalized spacial score (nSPS) is 25.7. The number of amides is 1. The molecule has 0 aromatic carbocycles. The molecule has 0 radical (unpaired) electrons. The van der Waals surface area contributed by atoms with Crippen LogP contribution in [-0.2, 0) is 4.79 Å². The van der Waals surface area contributed by atoms with E-state index in [9.17, 15) is 9.59 Å². The van der Waals surface area contributed by atoms with Gasteiger partial charge in [-0.05, 0) is 48.8 Å². The zero-order chi connectivity index (χ0) is 23.2. The van der Waals surface area contributed by atoms with E-state index < -0.39 is 0 Å². The molecule has 5 heterocycles. The van der Waals surface area contributed by atoms with Crippen molar-refractivity contribution in [1.29, 1.82) is 0 Å². The van der Waals surface area contributed by atoms with Crippen molar-refractivity contribution in [3.8, 4) is 0 Å². The van der Waals surface area contributed by atoms with Gasteiger partial charge in [-0.2, -0.15) is 0 Å². The molecule has 1 aliphatic carbocycles. The average molecular weight is 475 g/mol. The van der Waals surface area contributed by atoms with Crippen LogP contribution in [0.4, 0.5) is 0 Å². The van der Waals surface area contributed by atoms with Gasteiger partial charge in [0.2, 0.25) is 5.91 Å². The van der Waals surface area contributed by atoms with E-state index in [0.717, 1.165) is 59.9 Å². The Kier molecular flexibility index (Phi) is 5.52. The summed E-state index contributed by atoms with van der Waals surface area (Å²) in [5.41, 5.74) is 2.07. The van der Waals surface area contributed by atoms with Gasteiger partial charge in [0.1, 0.15) is 5.65 Å². The second-order valence-corrected chi connectivity index (χ2v) is 10.9. The van der Waals surface area contributed by atoms with E-state index in [1.165, 1.54) is 16.9 Å². The van der Waals surface area contributed by atoms with E-state index in [-0.39, 0.29) is 29.6 Å². The molecule has 1 saturated heterocycles. The predicted molar refractivity (Wildman–Crippen MR) is 135 cm³/mol. The maximum atomic E-state index is 13.8. The SMILES string of the molecule is C[C@@H]1CCN(C(=O)[C@@H]2CCCC[C@@H]2C(=O)c2cccs2)C[C@@H]1n1ccc2cnc3[nH]ccc3c21. The van der Waals surface area contributed by atoms with E-state index in [1.54, 1.807) is 0 Å². The Labute approximate surface area is 203 Å². The van der Waals surface area contributed by atoms with Crippen LogP contribution >= 0.6 is 11.3 Å². The smallest absolute Gasteiger partial charge is 0.226 e. The number of hydrogen-bond donors (Lipinski definition) is 1. The zero-order valence-corrected chi connectivity index (χ0v) is 20.3. The van der Waals surface area contributed by atoms with Gasteiger partial charge in [-0.15, -0.1) is 11.3 Å². The number of ketones is 1. The third-order valence-corrected chi connectivity index (χ3v) is 8.92. The highest BCUT2D eigenvalue weighted by atomic mass is 32.1. The maximum absolute atomic E-state index is 13.8. The second kappa shape index (κ2) is 8.69. The molecule has 7 heteroatoms. The lowest BCUT2D eigenvalue weighted by molar-refractivity contribution is -0.140. The number of aromatic amines is 1. The molecule has 2 fully saturated rings. The Hall–Kier alpha value is -2.93. The summed E-state index contributed by atoms with van der Waals surface area (Å²) in [6.45, 7) is 3.75. The summed E-state index contributed by atoms with van der Waals surface area (Å²) in [4.78, 5) is 37.7. The number of nitrogens with zero attached hydrogens (tertiary/aromatic N) is 3. The number of pyridine rings is 1. The van der Waals surface area contributed by atoms with Crippen LogP contribution in [-0.4, -0.2) is 44.2 Å². The summed E-state index contributed by atoms with van der Waals surface area (Å²) in [6.07, 6.45) is 10.7. The summed E-state index contributed by atoms with van der Waals surface area (Å²) in [5.74, 6) is 0.414. The fourth-order valence-electron chi connectivity index (χ4n) is 6.12. The zero-order valence-electron chi connectivity index (χ0n) is 19.4. The van der Waals surface area contributed by atoms with Gasteiger partial charge in [-0.3, -0.25) is 9.59 Å². The Morgan fingerprint density at radius 1 is 1.12 bits per heavy atom. The highest BCUT2D eigenvalue weighted by molar-refractivity contribution is 7.12. The highest BCUT2D eigenvalue weighted by Crippen LogP contribution is 2.38. The van der Waals surface area contributed by atoms with Gasteiger partial charge in [0.05, 0.1) is 16.4 Å². The molecule has 1 N–H and O–H groups in total. The third-order valence-electron chi connectivity index (χ3n) is 8.03. The number of H-pyrrole nitrogens is 1. The van der Waals surface area contributed by atoms with Crippen molar-refractivity contribution in [3.63, 3.8) is 0 Å². The lowest BCUT2D eigenvalue weighted by Gasteiger charge is -2.41. The number of Topliss-reactive ketones (excluding diaryl/α,β-unsaturated/α-hetero) is 1. The molecule has 1 aliphatic heterocycles. The van der Waals surface area contributed by atoms with Crippen molar-refractivity contribution in [2.45, 2.75) is 45.1 Å². The van der Waals surface area contributed by atoms with Crippen LogP contribution in [0.5, 0.6) is 0 Å². The van der Waals surface area contributed by atoms with Crippen molar-refractivity contribution >= 4 is 45.0 Å². The van der Waals surface area contributed by atoms with Crippen molar-refractivity contribution in [1.82, 2.24) is 19.4 Å². The molecule has 6 nitrogen and oxygen atoms in total. The summed E-state index contributed by atoms with van der Waals surface area (Å²) in [7, 11) is 0. The predicted octanol–water partition coefficient (Wildman–Crippen LogP) is 5.68. The van der Waals surface area contributed by atoms with E-state index in [4.69, 9.17) is 0 Å². The number of likely N-dealkylation sites (tertiary alicyclic amines) is 1. The van der Waals surface area contributed by atoms with Gasteiger partial charge in [-0.25, -0.2) is 4.98 Å². The van der Waals surface area contributed by atoms with E-state index in [1.807, 2.05) is 29.9 Å². The molecule has 2 aliphatic rings. The number of carbonyl (C=O) groups excluding carboxylic acids is 2. The van der Waals surface area contributed by atoms with Crippen LogP contribution in [0.15, 0.2) is 48.2 Å². The summed E-state index contributed by atoms with van der Waals surface area (Å²) in [6, 6.07) is 8.23. The first-order valence-electron chi connectivity index (χ1n) is 12.4. The molecule has 0 unspecified atom stereocenters. The first-order valence-corrected chi connectivity index (χ1v) is 13.3. The molecule has 1 amide bonds. The van der Waals surface area contributed by atoms with Crippen LogP contribution in [0.2, 0.25) is 0 Å². The van der Waals surface area contributed by atoms with Gasteiger partial charge in [0.15, 0.2) is 5.78 Å². The van der Waals surface area contributed by atoms with Gasteiger partial charge in [0.25, 0.3) is 0 Å². The van der Waals surface area contributed by atoms with Crippen molar-refractivity contribution in [2.75, 3.05) is 13.1 Å². The fourth-order valence-corrected chi connectivity index (χ4v) is 6.85. The molecular weight excluding hydrogens is 444 g/mol. The largest absolute Gasteiger partial charge is 0.346 e. The monoisotopic (exact) mass is 474 g/mol. The number of aromatic nitrogens is 3. The molecule has 34 heavy (non-hydrogen) atoms. The van der Waals surface area contributed by atoms with Gasteiger partial charge < -0.3 is 14.5 Å². The number of carbonyl (C=O) groups is 2. The number of piperidine rings is 1. The minimum Gasteiger partial charge on any atom is -0.346 e. The minimum absolute atomic E-state index is 0.161. The van der Waals surface area contributed by atoms with Crippen molar-refractivity contribution in [2.24, 2.45) is 17.8 Å². The Morgan fingerprint density at radius 2 is 1.97 bits per heavy atom. The number of hydrogen-bond acceptors (Lipinski definition) is 4. The second-order valence-electron chi connectivity index (χ2n) is 9.98. The van der Waals surface area contributed by atoms with Crippen LogP contribution < -0.4 is 0 Å². The molecule has 4 atom stereocenters. The van der Waals surface area contributed by atoms with E-state index in [0.29, 0.717) is 12.5 Å². The van der Waals surface area contributed by atoms with Gasteiger partial charge in [0, 0.05) is 54.3 Å². The minimum atomic E-state index is -0.195. The molecule has 1 saturated carbocycles. The Morgan fingerprint density at radius 3 is 2.79 bits per heavy atom. The quantitative estimate of drug-likeness (QED) is 0.387. The molecule has 6 rings (SSSR count). The van der Waals surface area contributed by atoms with Crippen LogP contribution in [0.3, 0.4) is 0 Å². The first kappa shape index (κ1) is 21.6. The topological polar surface area (TPSA) is 71.0 Å². The third kappa shape index (κ3) is 3.57. The average Bonchev–Trinajstić information content (AvgIpc) is 3.63. The number of rotatable bonds is 4. The van der Waals surface area contributed by atoms with Crippen LogP contribution in [0.1, 0.15) is 54.7 Å². The molecule has 176 valence electrons. The van der Waals surface area contributed by atoms with E-state index in [2.05, 4.69) is 44.7 Å². The lowest BCUT2D eigenvalue weighted by atomic mass is 9.75. The van der Waals surface area contributed by atoms with Crippen LogP contribution in [0, 0.1) is 17.8 Å². The first-order chi connectivity index (χ1) is 16.6. The number of nitrogens with one attached hydrogen (secondary N) is 1. The summed E-state index contributed by atoms with van der Waals surface area (Å²) < 4.78 is 2.35. The number of thiophene rings is 1. The van der Waals surface area contributed by atoms with Crippen LogP contribution in [0.25, 0.3) is 21.9 Å². The molecule has 0 bridgehead atoms. The van der Waals surface area contributed by atoms with Gasteiger partial charge in [-0.1, -0.05) is 25.8 Å². The highest BCUT2D eigenvalue weighted by Gasteiger charge is 2.40. The molecule has 4 aromatic heterocycles. The molecule has 4 aromatic rings. The Bertz CT molecular complexity index is 1340. The summed E-state index contributed by atoms with van der Waals surface area (Å²) >= 11 is 1.49. The van der Waals surface area contributed by atoms with Gasteiger partial charge >= 0.3 is 0 Å². The Balaban J connectivity index is 1.29. The maximum Gasteiger partial charge on any atom is 0.226 e. The lowest BCUT2D eigenvalue weighted by Crippen LogP contribution is -2.48. The van der Waals surface area contributed by atoms with Crippen molar-refractivity contribution < 1.29 is 9.59 Å². The molecular formula is C27H30N4O2S. The standard InChI is InChI=1S/C27H30N4O2S/c1-17-9-12-30(27(33)20-6-3-2-5-19(20)25(32)23-7-4-14-34-23)16-22(17)31-13-10-18-15-29-26-21(24(18)31)8-11-28-26/h4,7-8,10-11,13-15,17,19-20,22H,2-3,5-6,9,12,16H2,1H3,(H,28,29)/t17-,19+,20-,22+/m1/s1. The number of fused-ring (bicyclic) bond motifs is 3. The molecule has 0 spiro atoms. The van der Waals surface area contributed by atoms with Crippen molar-refractivity contribution in [3.05, 3.63) is 53.1 Å². The summed E-state index contributed by atoms with van der Waals surface area (Å²) in [5, 5.41) is 4.19.